The Labute approximate surface area is 50.2 Å². The van der Waals surface area contributed by atoms with Crippen molar-refractivity contribution in [2.24, 2.45) is 0 Å². The highest BCUT2D eigenvalue weighted by Crippen LogP contribution is 2.39. The summed E-state index contributed by atoms with van der Waals surface area (Å²) in [4.78, 5) is 0. The SMILES string of the molecule is C=C(F)F.FC1(F)[CH]C1. The second-order valence-corrected chi connectivity index (χ2v) is 1.51. The second kappa shape index (κ2) is 2.85. The van der Waals surface area contributed by atoms with E-state index >= 15 is 0 Å². The average molecular weight is 141 g/mol. The van der Waals surface area contributed by atoms with Gasteiger partial charge in [-0.15, -0.1) is 0 Å². The molecule has 0 aromatic carbocycles. The molecule has 0 N–H and O–H groups in total. The molecule has 9 heavy (non-hydrogen) atoms. The van der Waals surface area contributed by atoms with Gasteiger partial charge >= 0.3 is 0 Å². The summed E-state index contributed by atoms with van der Waals surface area (Å²) in [6, 6.07) is 0. The Morgan fingerprint density at radius 3 is 1.56 bits per heavy atom. The number of rotatable bonds is 0. The van der Waals surface area contributed by atoms with Crippen molar-refractivity contribution in [3.8, 4) is 0 Å². The Hall–Kier alpha value is -0.540. The van der Waals surface area contributed by atoms with Crippen LogP contribution in [0.15, 0.2) is 12.7 Å². The molecule has 0 aliphatic heterocycles. The maximum absolute atomic E-state index is 11.1. The third-order valence-electron chi connectivity index (χ3n) is 0.513. The first-order valence-corrected chi connectivity index (χ1v) is 2.16. The van der Waals surface area contributed by atoms with E-state index in [9.17, 15) is 17.6 Å². The molecule has 53 valence electrons. The van der Waals surface area contributed by atoms with Crippen LogP contribution in [0.4, 0.5) is 17.6 Å². The maximum Gasteiger partial charge on any atom is 0.263 e. The summed E-state index contributed by atoms with van der Waals surface area (Å²) in [6.07, 6.45) is -0.861. The molecule has 0 aromatic rings. The lowest BCUT2D eigenvalue weighted by molar-refractivity contribution is 0.134. The minimum atomic E-state index is -2.38. The summed E-state index contributed by atoms with van der Waals surface area (Å²) in [5.41, 5.74) is 0. The van der Waals surface area contributed by atoms with Crippen molar-refractivity contribution in [3.05, 3.63) is 19.1 Å². The fourth-order valence-corrected chi connectivity index (χ4v) is 0.0772. The Morgan fingerprint density at radius 2 is 1.56 bits per heavy atom. The molecular formula is C5H5F4. The van der Waals surface area contributed by atoms with E-state index in [0.29, 0.717) is 0 Å². The highest BCUT2D eigenvalue weighted by molar-refractivity contribution is 5.03. The van der Waals surface area contributed by atoms with Gasteiger partial charge in [-0.05, 0) is 6.58 Å². The summed E-state index contributed by atoms with van der Waals surface area (Å²) >= 11 is 0. The molecule has 4 heteroatoms. The quantitative estimate of drug-likeness (QED) is 0.455. The van der Waals surface area contributed by atoms with Crippen LogP contribution in [0.5, 0.6) is 0 Å². The molecule has 0 heterocycles. The lowest BCUT2D eigenvalue weighted by Gasteiger charge is -1.76. The molecule has 1 aliphatic carbocycles. The molecule has 0 saturated heterocycles. The predicted octanol–water partition coefficient (Wildman–Crippen LogP) is 2.63. The van der Waals surface area contributed by atoms with Crippen molar-refractivity contribution in [1.82, 2.24) is 0 Å². The standard InChI is InChI=1S/C3H3F2.C2H2F2/c4-3(5)1-2-3;1-2(3)4/h1H,2H2;1H2. The van der Waals surface area contributed by atoms with Crippen LogP contribution in [0.1, 0.15) is 6.42 Å². The normalized spacial score (nSPS) is 19.6. The lowest BCUT2D eigenvalue weighted by atomic mass is 10.8. The molecule has 0 spiro atoms. The Kier molecular flexibility index (Phi) is 2.67. The number of halogens is 4. The van der Waals surface area contributed by atoms with Crippen LogP contribution in [0, 0.1) is 6.42 Å². The maximum atomic E-state index is 11.1. The van der Waals surface area contributed by atoms with Crippen LogP contribution in [0.25, 0.3) is 0 Å². The van der Waals surface area contributed by atoms with Crippen molar-refractivity contribution >= 4 is 0 Å². The van der Waals surface area contributed by atoms with Gasteiger partial charge in [0, 0.05) is 12.8 Å². The molecule has 1 saturated carbocycles. The van der Waals surface area contributed by atoms with Crippen molar-refractivity contribution in [2.45, 2.75) is 12.3 Å². The summed E-state index contributed by atoms with van der Waals surface area (Å²) in [5, 5.41) is 0. The zero-order valence-electron chi connectivity index (χ0n) is 4.50. The van der Waals surface area contributed by atoms with Gasteiger partial charge in [-0.2, -0.15) is 8.78 Å². The second-order valence-electron chi connectivity index (χ2n) is 1.51. The van der Waals surface area contributed by atoms with Crippen molar-refractivity contribution in [3.63, 3.8) is 0 Å². The van der Waals surface area contributed by atoms with Crippen LogP contribution >= 0.6 is 0 Å². The van der Waals surface area contributed by atoms with Gasteiger partial charge in [0.1, 0.15) is 0 Å². The Balaban J connectivity index is 0.000000148. The van der Waals surface area contributed by atoms with Gasteiger partial charge in [-0.3, -0.25) is 0 Å². The third kappa shape index (κ3) is 11.2. The Morgan fingerprint density at radius 1 is 1.44 bits per heavy atom. The lowest BCUT2D eigenvalue weighted by Crippen LogP contribution is -1.79. The fraction of sp³-hybridized carbons (Fsp3) is 0.400. The van der Waals surface area contributed by atoms with E-state index in [4.69, 9.17) is 0 Å². The van der Waals surface area contributed by atoms with Gasteiger partial charge in [0.15, 0.2) is 0 Å². The molecule has 0 atom stereocenters. The van der Waals surface area contributed by atoms with Gasteiger partial charge in [0.2, 0.25) is 0 Å². The molecule has 0 bridgehead atoms. The van der Waals surface area contributed by atoms with Crippen molar-refractivity contribution < 1.29 is 17.6 Å². The molecule has 0 unspecified atom stereocenters. The van der Waals surface area contributed by atoms with E-state index in [1.807, 2.05) is 0 Å². The van der Waals surface area contributed by atoms with E-state index in [1.54, 1.807) is 0 Å². The van der Waals surface area contributed by atoms with Crippen LogP contribution in [-0.4, -0.2) is 5.92 Å². The van der Waals surface area contributed by atoms with Gasteiger partial charge in [0.05, 0.1) is 0 Å². The minimum Gasteiger partial charge on any atom is -0.207 e. The smallest absolute Gasteiger partial charge is 0.207 e. The average Bonchev–Trinajstić information content (AvgIpc) is 2.16. The summed E-state index contributed by atoms with van der Waals surface area (Å²) in [7, 11) is 0. The molecule has 0 nitrogen and oxygen atoms in total. The first-order valence-electron chi connectivity index (χ1n) is 2.16. The van der Waals surface area contributed by atoms with Crippen LogP contribution in [0.3, 0.4) is 0 Å². The topological polar surface area (TPSA) is 0 Å². The molecule has 0 aromatic heterocycles. The summed E-state index contributed by atoms with van der Waals surface area (Å²) < 4.78 is 42.4. The Bertz CT molecular complexity index is 97.5. The molecule has 1 fully saturated rings. The monoisotopic (exact) mass is 141 g/mol. The molecular weight excluding hydrogens is 136 g/mol. The van der Waals surface area contributed by atoms with Gasteiger partial charge in [-0.1, -0.05) is 0 Å². The fourth-order valence-electron chi connectivity index (χ4n) is 0.0772. The van der Waals surface area contributed by atoms with E-state index in [0.717, 1.165) is 6.42 Å². The highest BCUT2D eigenvalue weighted by Gasteiger charge is 2.43. The summed E-state index contributed by atoms with van der Waals surface area (Å²) in [5.74, 6) is -2.38. The first kappa shape index (κ1) is 8.46. The summed E-state index contributed by atoms with van der Waals surface area (Å²) in [6.45, 7) is 2.22. The molecule has 1 rings (SSSR count). The predicted molar refractivity (Wildman–Crippen MR) is 25.2 cm³/mol. The molecule has 1 radical (unpaired) electrons. The van der Waals surface area contributed by atoms with Gasteiger partial charge in [0.25, 0.3) is 12.0 Å². The number of alkyl halides is 2. The van der Waals surface area contributed by atoms with E-state index in [-0.39, 0.29) is 6.42 Å². The zero-order valence-corrected chi connectivity index (χ0v) is 4.50. The highest BCUT2D eigenvalue weighted by atomic mass is 19.3. The zero-order chi connectivity index (χ0) is 7.49. The van der Waals surface area contributed by atoms with E-state index in [1.165, 1.54) is 0 Å². The van der Waals surface area contributed by atoms with E-state index in [2.05, 4.69) is 6.58 Å². The first-order chi connectivity index (χ1) is 3.94. The number of hydrogen-bond donors (Lipinski definition) is 0. The van der Waals surface area contributed by atoms with Crippen molar-refractivity contribution in [1.29, 1.82) is 0 Å². The number of hydrogen-bond acceptors (Lipinski definition) is 0. The molecule has 0 amide bonds. The van der Waals surface area contributed by atoms with Gasteiger partial charge < -0.3 is 0 Å². The van der Waals surface area contributed by atoms with Crippen molar-refractivity contribution in [2.75, 3.05) is 0 Å². The van der Waals surface area contributed by atoms with E-state index < -0.39 is 12.0 Å². The minimum absolute atomic E-state index is 0.00694. The third-order valence-corrected chi connectivity index (χ3v) is 0.513. The van der Waals surface area contributed by atoms with Crippen LogP contribution in [0.2, 0.25) is 0 Å². The largest absolute Gasteiger partial charge is 0.263 e. The molecule has 1 aliphatic rings. The van der Waals surface area contributed by atoms with Crippen LogP contribution in [-0.2, 0) is 0 Å². The van der Waals surface area contributed by atoms with Gasteiger partial charge in [-0.25, -0.2) is 8.78 Å². The van der Waals surface area contributed by atoms with Crippen LogP contribution < -0.4 is 0 Å².